The van der Waals surface area contributed by atoms with Crippen LogP contribution in [0.4, 0.5) is 0 Å². The molecule has 1 aromatic heterocycles. The molecule has 0 saturated carbocycles. The Bertz CT molecular complexity index is 866. The van der Waals surface area contributed by atoms with Crippen molar-refractivity contribution < 1.29 is 9.47 Å². The summed E-state index contributed by atoms with van der Waals surface area (Å²) in [5.41, 5.74) is 2.39. The molecule has 2 fully saturated rings. The Morgan fingerprint density at radius 3 is 2.84 bits per heavy atom. The average Bonchev–Trinajstić information content (AvgIpc) is 3.25. The van der Waals surface area contributed by atoms with Gasteiger partial charge in [0, 0.05) is 51.5 Å². The normalized spacial score (nSPS) is 21.1. The van der Waals surface area contributed by atoms with Crippen LogP contribution in [0.15, 0.2) is 53.7 Å². The highest BCUT2D eigenvalue weighted by Gasteiger charge is 2.41. The third-order valence-electron chi connectivity index (χ3n) is 5.89. The number of hydrogen-bond acceptors (Lipinski definition) is 5. The van der Waals surface area contributed by atoms with E-state index in [1.165, 1.54) is 5.56 Å². The molecule has 0 spiro atoms. The van der Waals surface area contributed by atoms with Crippen molar-refractivity contribution in [1.29, 1.82) is 0 Å². The summed E-state index contributed by atoms with van der Waals surface area (Å²) in [6.07, 6.45) is 2.94. The third kappa shape index (κ3) is 6.11. The number of nitrogens with one attached hydrogen (secondary N) is 1. The fraction of sp³-hybridized carbons (Fsp3) is 0.500. The van der Waals surface area contributed by atoms with Crippen LogP contribution in [0.1, 0.15) is 24.5 Å². The minimum atomic E-state index is 0. The number of rotatable bonds is 7. The molecule has 8 heteroatoms. The summed E-state index contributed by atoms with van der Waals surface area (Å²) in [7, 11) is 1.84. The zero-order valence-electron chi connectivity index (χ0n) is 18.9. The molecule has 0 aliphatic carbocycles. The van der Waals surface area contributed by atoms with E-state index in [2.05, 4.69) is 62.3 Å². The highest BCUT2D eigenvalue weighted by atomic mass is 127. The van der Waals surface area contributed by atoms with Crippen molar-refractivity contribution in [3.05, 3.63) is 59.8 Å². The number of benzene rings is 1. The molecule has 7 nitrogen and oxygen atoms in total. The molecule has 0 bridgehead atoms. The van der Waals surface area contributed by atoms with Crippen LogP contribution in [0, 0.1) is 0 Å². The SMILES string of the molecule is CCCOc1ncccc1CNC(=NC)N1CC2OCCN(Cc3ccccc3)C2C1.I. The van der Waals surface area contributed by atoms with Crippen molar-refractivity contribution in [1.82, 2.24) is 20.1 Å². The molecule has 2 aliphatic rings. The first kappa shape index (κ1) is 24.7. The van der Waals surface area contributed by atoms with Gasteiger partial charge in [0.1, 0.15) is 0 Å². The lowest BCUT2D eigenvalue weighted by molar-refractivity contribution is -0.0502. The van der Waals surface area contributed by atoms with E-state index in [1.807, 2.05) is 19.2 Å². The number of hydrogen-bond donors (Lipinski definition) is 1. The van der Waals surface area contributed by atoms with Gasteiger partial charge in [-0.15, -0.1) is 24.0 Å². The van der Waals surface area contributed by atoms with Crippen LogP contribution in [0.3, 0.4) is 0 Å². The Morgan fingerprint density at radius 2 is 2.06 bits per heavy atom. The smallest absolute Gasteiger partial charge is 0.218 e. The van der Waals surface area contributed by atoms with Crippen molar-refractivity contribution in [3.63, 3.8) is 0 Å². The van der Waals surface area contributed by atoms with Crippen LogP contribution in [-0.4, -0.2) is 72.8 Å². The highest BCUT2D eigenvalue weighted by molar-refractivity contribution is 14.0. The predicted molar refractivity (Wildman–Crippen MR) is 138 cm³/mol. The van der Waals surface area contributed by atoms with Crippen molar-refractivity contribution >= 4 is 29.9 Å². The summed E-state index contributed by atoms with van der Waals surface area (Å²) in [6.45, 7) is 7.84. The lowest BCUT2D eigenvalue weighted by Crippen LogP contribution is -2.50. The number of likely N-dealkylation sites (tertiary alicyclic amines) is 1. The molecule has 4 rings (SSSR count). The molecule has 3 heterocycles. The van der Waals surface area contributed by atoms with Crippen molar-refractivity contribution in [2.45, 2.75) is 38.6 Å². The van der Waals surface area contributed by atoms with E-state index >= 15 is 0 Å². The largest absolute Gasteiger partial charge is 0.477 e. The van der Waals surface area contributed by atoms with E-state index in [1.54, 1.807) is 6.20 Å². The predicted octanol–water partition coefficient (Wildman–Crippen LogP) is 3.15. The van der Waals surface area contributed by atoms with E-state index < -0.39 is 0 Å². The summed E-state index contributed by atoms with van der Waals surface area (Å²) in [5.74, 6) is 1.59. The van der Waals surface area contributed by atoms with Gasteiger partial charge in [0.2, 0.25) is 5.88 Å². The maximum absolute atomic E-state index is 6.12. The van der Waals surface area contributed by atoms with E-state index in [9.17, 15) is 0 Å². The minimum absolute atomic E-state index is 0. The van der Waals surface area contributed by atoms with E-state index in [0.29, 0.717) is 25.1 Å². The number of nitrogens with zero attached hydrogens (tertiary/aromatic N) is 4. The molecule has 1 aromatic carbocycles. The second-order valence-corrected chi connectivity index (χ2v) is 8.05. The van der Waals surface area contributed by atoms with Gasteiger partial charge in [0.05, 0.1) is 25.4 Å². The number of halogens is 1. The summed E-state index contributed by atoms with van der Waals surface area (Å²) in [4.78, 5) is 13.8. The van der Waals surface area contributed by atoms with Crippen LogP contribution < -0.4 is 10.1 Å². The van der Waals surface area contributed by atoms with Gasteiger partial charge in [0.25, 0.3) is 0 Å². The van der Waals surface area contributed by atoms with Gasteiger partial charge >= 0.3 is 0 Å². The summed E-state index contributed by atoms with van der Waals surface area (Å²) in [5, 5.41) is 3.50. The summed E-state index contributed by atoms with van der Waals surface area (Å²) >= 11 is 0. The molecular formula is C24H34IN5O2. The summed E-state index contributed by atoms with van der Waals surface area (Å²) < 4.78 is 11.9. The number of guanidine groups is 1. The number of morpholine rings is 1. The highest BCUT2D eigenvalue weighted by Crippen LogP contribution is 2.25. The second-order valence-electron chi connectivity index (χ2n) is 8.05. The topological polar surface area (TPSA) is 62.2 Å². The number of fused-ring (bicyclic) bond motifs is 1. The van der Waals surface area contributed by atoms with Crippen LogP contribution in [-0.2, 0) is 17.8 Å². The molecular weight excluding hydrogens is 517 g/mol. The maximum atomic E-state index is 6.12. The van der Waals surface area contributed by atoms with Gasteiger partial charge in [0.15, 0.2) is 5.96 Å². The average molecular weight is 551 g/mol. The van der Waals surface area contributed by atoms with Crippen LogP contribution in [0.25, 0.3) is 0 Å². The fourth-order valence-electron chi connectivity index (χ4n) is 4.34. The minimum Gasteiger partial charge on any atom is -0.477 e. The quantitative estimate of drug-likeness (QED) is 0.324. The molecule has 0 amide bonds. The first-order chi connectivity index (χ1) is 15.3. The molecule has 2 unspecified atom stereocenters. The number of ether oxygens (including phenoxy) is 2. The Hall–Kier alpha value is -1.91. The number of aliphatic imine (C=N–C) groups is 1. The Labute approximate surface area is 208 Å². The molecule has 0 radical (unpaired) electrons. The van der Waals surface area contributed by atoms with E-state index in [0.717, 1.165) is 50.7 Å². The van der Waals surface area contributed by atoms with E-state index in [-0.39, 0.29) is 30.1 Å². The van der Waals surface area contributed by atoms with Crippen molar-refractivity contribution in [2.75, 3.05) is 39.9 Å². The number of aromatic nitrogens is 1. The zero-order valence-corrected chi connectivity index (χ0v) is 21.3. The van der Waals surface area contributed by atoms with Crippen molar-refractivity contribution in [3.8, 4) is 5.88 Å². The lowest BCUT2D eigenvalue weighted by Gasteiger charge is -2.36. The molecule has 2 saturated heterocycles. The molecule has 2 atom stereocenters. The Morgan fingerprint density at radius 1 is 1.22 bits per heavy atom. The zero-order chi connectivity index (χ0) is 21.5. The second kappa shape index (κ2) is 12.4. The lowest BCUT2D eigenvalue weighted by atomic mass is 10.1. The van der Waals surface area contributed by atoms with Gasteiger partial charge in [-0.05, 0) is 18.1 Å². The molecule has 2 aromatic rings. The standard InChI is InChI=1S/C24H33N5O2.HI/c1-3-13-31-23-20(10-7-11-26-23)15-27-24(25-2)29-17-21-22(18-29)30-14-12-28(21)16-19-8-5-4-6-9-19;/h4-11,21-22H,3,12-18H2,1-2H3,(H,25,27);1H. The van der Waals surface area contributed by atoms with E-state index in [4.69, 9.17) is 9.47 Å². The molecule has 174 valence electrons. The van der Waals surface area contributed by atoms with Gasteiger partial charge in [-0.2, -0.15) is 0 Å². The Kier molecular flexibility index (Phi) is 9.55. The first-order valence-electron chi connectivity index (χ1n) is 11.2. The molecule has 32 heavy (non-hydrogen) atoms. The van der Waals surface area contributed by atoms with Crippen LogP contribution in [0.2, 0.25) is 0 Å². The van der Waals surface area contributed by atoms with Gasteiger partial charge in [-0.25, -0.2) is 4.98 Å². The van der Waals surface area contributed by atoms with Gasteiger partial charge in [-0.1, -0.05) is 43.3 Å². The van der Waals surface area contributed by atoms with Gasteiger partial charge < -0.3 is 19.7 Å². The monoisotopic (exact) mass is 551 g/mol. The number of pyridine rings is 1. The van der Waals surface area contributed by atoms with Gasteiger partial charge in [-0.3, -0.25) is 9.89 Å². The first-order valence-corrected chi connectivity index (χ1v) is 11.2. The van der Waals surface area contributed by atoms with Crippen LogP contribution >= 0.6 is 24.0 Å². The molecule has 1 N–H and O–H groups in total. The molecule has 2 aliphatic heterocycles. The van der Waals surface area contributed by atoms with Crippen molar-refractivity contribution in [2.24, 2.45) is 4.99 Å². The third-order valence-corrected chi connectivity index (χ3v) is 5.89. The maximum Gasteiger partial charge on any atom is 0.218 e. The Balaban J connectivity index is 0.00000289. The van der Waals surface area contributed by atoms with Crippen LogP contribution in [0.5, 0.6) is 5.88 Å². The fourth-order valence-corrected chi connectivity index (χ4v) is 4.34. The summed E-state index contributed by atoms with van der Waals surface area (Å²) in [6, 6.07) is 15.0.